The molecular weight excluding hydrogens is 299 g/mol. The summed E-state index contributed by atoms with van der Waals surface area (Å²) in [6.07, 6.45) is 0. The van der Waals surface area contributed by atoms with E-state index in [2.05, 4.69) is 11.4 Å². The zero-order valence-electron chi connectivity index (χ0n) is 11.5. The lowest BCUT2D eigenvalue weighted by atomic mass is 9.90. The predicted molar refractivity (Wildman–Crippen MR) is 79.1 cm³/mol. The van der Waals surface area contributed by atoms with Crippen LogP contribution in [0, 0.1) is 23.1 Å². The van der Waals surface area contributed by atoms with Crippen LogP contribution in [0.15, 0.2) is 23.1 Å². The molecule has 0 aliphatic rings. The first-order valence-corrected chi connectivity index (χ1v) is 7.45. The Balaban J connectivity index is 2.60. The molecular formula is C14H16ClFN2OS. The van der Waals surface area contributed by atoms with Gasteiger partial charge in [-0.05, 0) is 31.0 Å². The van der Waals surface area contributed by atoms with Crippen molar-refractivity contribution in [2.24, 2.45) is 5.92 Å². The van der Waals surface area contributed by atoms with Crippen LogP contribution >= 0.6 is 23.4 Å². The van der Waals surface area contributed by atoms with E-state index in [9.17, 15) is 9.18 Å². The summed E-state index contributed by atoms with van der Waals surface area (Å²) in [5, 5.41) is 11.9. The third kappa shape index (κ3) is 4.39. The standard InChI is InChI=1S/C14H16ClFN2OS/c1-9(2)14(3,8-17)18-13(19)7-20-10-4-5-12(16)11(15)6-10/h4-6,9H,7H2,1-3H3,(H,18,19)/t14-/m0/s1. The Morgan fingerprint density at radius 2 is 2.25 bits per heavy atom. The number of carbonyl (C=O) groups excluding carboxylic acids is 1. The molecule has 108 valence electrons. The maximum atomic E-state index is 13.0. The molecule has 0 aromatic heterocycles. The van der Waals surface area contributed by atoms with Gasteiger partial charge in [0.25, 0.3) is 0 Å². The third-order valence-corrected chi connectivity index (χ3v) is 4.33. The van der Waals surface area contributed by atoms with Gasteiger partial charge in [0.05, 0.1) is 16.8 Å². The van der Waals surface area contributed by atoms with Crippen molar-refractivity contribution in [2.75, 3.05) is 5.75 Å². The minimum absolute atomic E-state index is 0.00159. The van der Waals surface area contributed by atoms with E-state index in [0.717, 1.165) is 0 Å². The van der Waals surface area contributed by atoms with Gasteiger partial charge in [0.15, 0.2) is 0 Å². The Morgan fingerprint density at radius 1 is 1.60 bits per heavy atom. The molecule has 1 rings (SSSR count). The zero-order valence-corrected chi connectivity index (χ0v) is 13.1. The lowest BCUT2D eigenvalue weighted by Crippen LogP contribution is -2.49. The number of carbonyl (C=O) groups is 1. The zero-order chi connectivity index (χ0) is 15.3. The predicted octanol–water partition coefficient (Wildman–Crippen LogP) is 3.63. The maximum absolute atomic E-state index is 13.0. The second kappa shape index (κ2) is 6.96. The fourth-order valence-corrected chi connectivity index (χ4v) is 2.32. The van der Waals surface area contributed by atoms with Crippen LogP contribution in [0.4, 0.5) is 4.39 Å². The first-order valence-electron chi connectivity index (χ1n) is 6.08. The molecule has 1 N–H and O–H groups in total. The van der Waals surface area contributed by atoms with Crippen molar-refractivity contribution < 1.29 is 9.18 Å². The van der Waals surface area contributed by atoms with E-state index in [1.165, 1.54) is 23.9 Å². The topological polar surface area (TPSA) is 52.9 Å². The van der Waals surface area contributed by atoms with Crippen LogP contribution < -0.4 is 5.32 Å². The number of rotatable bonds is 5. The molecule has 0 aliphatic heterocycles. The van der Waals surface area contributed by atoms with Crippen molar-refractivity contribution in [3.8, 4) is 6.07 Å². The Labute approximate surface area is 127 Å². The highest BCUT2D eigenvalue weighted by Gasteiger charge is 2.29. The van der Waals surface area contributed by atoms with Crippen molar-refractivity contribution in [1.29, 1.82) is 5.26 Å². The highest BCUT2D eigenvalue weighted by atomic mass is 35.5. The summed E-state index contributed by atoms with van der Waals surface area (Å²) in [6, 6.07) is 6.41. The molecule has 0 bridgehead atoms. The molecule has 0 radical (unpaired) electrons. The molecule has 0 heterocycles. The fourth-order valence-electron chi connectivity index (χ4n) is 1.34. The molecule has 20 heavy (non-hydrogen) atoms. The fraction of sp³-hybridized carbons (Fsp3) is 0.429. The normalized spacial score (nSPS) is 13.7. The van der Waals surface area contributed by atoms with Crippen LogP contribution in [-0.2, 0) is 4.79 Å². The summed E-state index contributed by atoms with van der Waals surface area (Å²) < 4.78 is 13.0. The summed E-state index contributed by atoms with van der Waals surface area (Å²) in [5.41, 5.74) is -0.891. The SMILES string of the molecule is CC(C)[C@](C)(C#N)NC(=O)CSc1ccc(F)c(Cl)c1. The molecule has 0 spiro atoms. The van der Waals surface area contributed by atoms with Gasteiger partial charge in [-0.15, -0.1) is 11.8 Å². The van der Waals surface area contributed by atoms with Crippen LogP contribution in [-0.4, -0.2) is 17.2 Å². The lowest BCUT2D eigenvalue weighted by molar-refractivity contribution is -0.120. The Morgan fingerprint density at radius 3 is 2.75 bits per heavy atom. The molecule has 1 atom stereocenters. The quantitative estimate of drug-likeness (QED) is 0.844. The number of benzene rings is 1. The van der Waals surface area contributed by atoms with Crippen LogP contribution in [0.5, 0.6) is 0 Å². The minimum atomic E-state index is -0.891. The van der Waals surface area contributed by atoms with Gasteiger partial charge >= 0.3 is 0 Å². The van der Waals surface area contributed by atoms with Gasteiger partial charge in [0, 0.05) is 4.90 Å². The number of hydrogen-bond donors (Lipinski definition) is 1. The minimum Gasteiger partial charge on any atom is -0.337 e. The summed E-state index contributed by atoms with van der Waals surface area (Å²) in [4.78, 5) is 12.6. The molecule has 1 aromatic rings. The van der Waals surface area contributed by atoms with E-state index in [1.807, 2.05) is 13.8 Å². The molecule has 0 saturated heterocycles. The van der Waals surface area contributed by atoms with Crippen molar-refractivity contribution in [3.63, 3.8) is 0 Å². The van der Waals surface area contributed by atoms with E-state index >= 15 is 0 Å². The summed E-state index contributed by atoms with van der Waals surface area (Å²) >= 11 is 6.91. The monoisotopic (exact) mass is 314 g/mol. The first-order chi connectivity index (χ1) is 9.28. The second-order valence-corrected chi connectivity index (χ2v) is 6.34. The van der Waals surface area contributed by atoms with E-state index in [1.54, 1.807) is 13.0 Å². The molecule has 1 amide bonds. The summed E-state index contributed by atoms with van der Waals surface area (Å²) in [6.45, 7) is 5.43. The second-order valence-electron chi connectivity index (χ2n) is 4.88. The molecule has 1 aromatic carbocycles. The van der Waals surface area contributed by atoms with Gasteiger partial charge in [-0.25, -0.2) is 4.39 Å². The number of nitrogens with one attached hydrogen (secondary N) is 1. The van der Waals surface area contributed by atoms with E-state index in [4.69, 9.17) is 16.9 Å². The van der Waals surface area contributed by atoms with Gasteiger partial charge in [-0.1, -0.05) is 25.4 Å². The molecule has 0 saturated carbocycles. The average molecular weight is 315 g/mol. The van der Waals surface area contributed by atoms with Crippen LogP contribution in [0.1, 0.15) is 20.8 Å². The van der Waals surface area contributed by atoms with Gasteiger partial charge in [-0.2, -0.15) is 5.26 Å². The van der Waals surface area contributed by atoms with Crippen molar-refractivity contribution in [3.05, 3.63) is 29.0 Å². The van der Waals surface area contributed by atoms with Crippen LogP contribution in [0.25, 0.3) is 0 Å². The summed E-state index contributed by atoms with van der Waals surface area (Å²) in [7, 11) is 0. The molecule has 3 nitrogen and oxygen atoms in total. The Hall–Kier alpha value is -1.25. The Bertz CT molecular complexity index is 544. The largest absolute Gasteiger partial charge is 0.337 e. The van der Waals surface area contributed by atoms with Gasteiger partial charge < -0.3 is 5.32 Å². The number of amides is 1. The van der Waals surface area contributed by atoms with E-state index < -0.39 is 11.4 Å². The van der Waals surface area contributed by atoms with Gasteiger partial charge in [0.1, 0.15) is 11.4 Å². The van der Waals surface area contributed by atoms with Crippen LogP contribution in [0.2, 0.25) is 5.02 Å². The van der Waals surface area contributed by atoms with Crippen molar-refractivity contribution in [1.82, 2.24) is 5.32 Å². The Kier molecular flexibility index (Phi) is 5.85. The number of nitriles is 1. The van der Waals surface area contributed by atoms with E-state index in [0.29, 0.717) is 4.90 Å². The maximum Gasteiger partial charge on any atom is 0.231 e. The molecule has 0 fully saturated rings. The van der Waals surface area contributed by atoms with Gasteiger partial charge in [0.2, 0.25) is 5.91 Å². The first kappa shape index (κ1) is 16.8. The van der Waals surface area contributed by atoms with Crippen molar-refractivity contribution >= 4 is 29.3 Å². The highest BCUT2D eigenvalue weighted by Crippen LogP contribution is 2.24. The highest BCUT2D eigenvalue weighted by molar-refractivity contribution is 8.00. The van der Waals surface area contributed by atoms with Crippen molar-refractivity contribution in [2.45, 2.75) is 31.2 Å². The lowest BCUT2D eigenvalue weighted by Gasteiger charge is -2.27. The van der Waals surface area contributed by atoms with Crippen LogP contribution in [0.3, 0.4) is 0 Å². The third-order valence-electron chi connectivity index (χ3n) is 3.05. The molecule has 0 aliphatic carbocycles. The average Bonchev–Trinajstić information content (AvgIpc) is 2.39. The van der Waals surface area contributed by atoms with E-state index in [-0.39, 0.29) is 22.6 Å². The summed E-state index contributed by atoms with van der Waals surface area (Å²) in [5.74, 6) is -0.585. The molecule has 0 unspecified atom stereocenters. The number of halogens is 2. The smallest absolute Gasteiger partial charge is 0.231 e. The van der Waals surface area contributed by atoms with Gasteiger partial charge in [-0.3, -0.25) is 4.79 Å². The number of thioether (sulfide) groups is 1. The number of nitrogens with zero attached hydrogens (tertiary/aromatic N) is 1. The molecule has 6 heteroatoms. The number of hydrogen-bond acceptors (Lipinski definition) is 3.